The fourth-order valence-corrected chi connectivity index (χ4v) is 4.44. The molecule has 1 aliphatic rings. The largest absolute Gasteiger partial charge is 0.493 e. The first-order valence-corrected chi connectivity index (χ1v) is 11.5. The molecule has 33 heavy (non-hydrogen) atoms. The summed E-state index contributed by atoms with van der Waals surface area (Å²) in [5.41, 5.74) is 4.44. The maximum Gasteiger partial charge on any atom is 0.251 e. The van der Waals surface area contributed by atoms with E-state index in [0.29, 0.717) is 18.0 Å². The molecule has 0 aromatic heterocycles. The lowest BCUT2D eigenvalue weighted by molar-refractivity contribution is 0.0951. The Hall–Kier alpha value is -3.31. The van der Waals surface area contributed by atoms with E-state index >= 15 is 0 Å². The average Bonchev–Trinajstić information content (AvgIpc) is 2.88. The highest BCUT2D eigenvalue weighted by Gasteiger charge is 2.21. The molecule has 0 spiro atoms. The number of hydrogen-bond acceptors (Lipinski definition) is 4. The van der Waals surface area contributed by atoms with Crippen molar-refractivity contribution < 1.29 is 14.3 Å². The highest BCUT2D eigenvalue weighted by molar-refractivity contribution is 5.94. The number of likely N-dealkylation sites (tertiary alicyclic amines) is 1. The van der Waals surface area contributed by atoms with Crippen LogP contribution in [0.1, 0.15) is 45.8 Å². The maximum atomic E-state index is 12.2. The third kappa shape index (κ3) is 5.93. The topological polar surface area (TPSA) is 50.8 Å². The lowest BCUT2D eigenvalue weighted by Crippen LogP contribution is -2.32. The highest BCUT2D eigenvalue weighted by Crippen LogP contribution is 2.31. The number of piperidine rings is 1. The number of nitrogens with one attached hydrogen (secondary N) is 1. The molecular weight excluding hydrogens is 412 g/mol. The summed E-state index contributed by atoms with van der Waals surface area (Å²) in [6, 6.07) is 24.2. The van der Waals surface area contributed by atoms with E-state index in [4.69, 9.17) is 9.47 Å². The van der Waals surface area contributed by atoms with Gasteiger partial charge in [0.2, 0.25) is 0 Å². The van der Waals surface area contributed by atoms with Crippen molar-refractivity contribution in [2.24, 2.45) is 0 Å². The molecule has 172 valence electrons. The number of carbonyl (C=O) groups excluding carboxylic acids is 1. The van der Waals surface area contributed by atoms with E-state index in [0.717, 1.165) is 49.5 Å². The summed E-state index contributed by atoms with van der Waals surface area (Å²) in [7, 11) is 3.34. The van der Waals surface area contributed by atoms with Crippen molar-refractivity contribution in [3.05, 3.63) is 95.1 Å². The van der Waals surface area contributed by atoms with E-state index in [1.165, 1.54) is 11.1 Å². The SMILES string of the molecule is COc1ccc(CN2CCC(c3ccc(CNC(=O)c4ccccc4)cc3)CC2)cc1OC. The van der Waals surface area contributed by atoms with Crippen LogP contribution in [0, 0.1) is 0 Å². The molecule has 5 nitrogen and oxygen atoms in total. The third-order valence-electron chi connectivity index (χ3n) is 6.38. The van der Waals surface area contributed by atoms with Gasteiger partial charge in [0.15, 0.2) is 11.5 Å². The average molecular weight is 445 g/mol. The molecular formula is C28H32N2O3. The summed E-state index contributed by atoms with van der Waals surface area (Å²) in [5, 5.41) is 3.00. The number of ether oxygens (including phenoxy) is 2. The second-order valence-corrected chi connectivity index (χ2v) is 8.53. The molecule has 3 aromatic carbocycles. The van der Waals surface area contributed by atoms with Gasteiger partial charge in [0.05, 0.1) is 14.2 Å². The van der Waals surface area contributed by atoms with Crippen LogP contribution in [-0.2, 0) is 13.1 Å². The minimum atomic E-state index is -0.0403. The molecule has 0 bridgehead atoms. The lowest BCUT2D eigenvalue weighted by Gasteiger charge is -2.32. The van der Waals surface area contributed by atoms with Crippen molar-refractivity contribution >= 4 is 5.91 Å². The standard InChI is InChI=1S/C28H32N2O3/c1-32-26-13-10-22(18-27(26)33-2)20-30-16-14-24(15-17-30)23-11-8-21(9-12-23)19-29-28(31)25-6-4-3-5-7-25/h3-13,18,24H,14-17,19-20H2,1-2H3,(H,29,31). The second-order valence-electron chi connectivity index (χ2n) is 8.53. The minimum absolute atomic E-state index is 0.0403. The first kappa shape index (κ1) is 22.9. The highest BCUT2D eigenvalue weighted by atomic mass is 16.5. The van der Waals surface area contributed by atoms with E-state index in [2.05, 4.69) is 46.6 Å². The van der Waals surface area contributed by atoms with Crippen LogP contribution in [-0.4, -0.2) is 38.1 Å². The van der Waals surface area contributed by atoms with E-state index in [1.807, 2.05) is 36.4 Å². The molecule has 1 saturated heterocycles. The van der Waals surface area contributed by atoms with Gasteiger partial charge in [0.25, 0.3) is 5.91 Å². The number of benzene rings is 3. The van der Waals surface area contributed by atoms with Crippen LogP contribution >= 0.6 is 0 Å². The summed E-state index contributed by atoms with van der Waals surface area (Å²) >= 11 is 0. The predicted octanol–water partition coefficient (Wildman–Crippen LogP) is 5.01. The number of carbonyl (C=O) groups is 1. The summed E-state index contributed by atoms with van der Waals surface area (Å²) in [6.45, 7) is 3.62. The molecule has 5 heteroatoms. The number of amides is 1. The molecule has 0 radical (unpaired) electrons. The summed E-state index contributed by atoms with van der Waals surface area (Å²) < 4.78 is 10.8. The third-order valence-corrected chi connectivity index (χ3v) is 6.38. The number of rotatable bonds is 8. The molecule has 3 aromatic rings. The van der Waals surface area contributed by atoms with Gasteiger partial charge in [-0.1, -0.05) is 48.5 Å². The first-order chi connectivity index (χ1) is 16.2. The van der Waals surface area contributed by atoms with E-state index in [-0.39, 0.29) is 5.91 Å². The molecule has 1 aliphatic heterocycles. The molecule has 1 N–H and O–H groups in total. The quantitative estimate of drug-likeness (QED) is 0.530. The van der Waals surface area contributed by atoms with Crippen molar-refractivity contribution in [2.45, 2.75) is 31.8 Å². The molecule has 1 amide bonds. The Kier molecular flexibility index (Phi) is 7.63. The van der Waals surface area contributed by atoms with Crippen LogP contribution in [0.15, 0.2) is 72.8 Å². The monoisotopic (exact) mass is 444 g/mol. The Bertz CT molecular complexity index is 1040. The van der Waals surface area contributed by atoms with Crippen LogP contribution in [0.5, 0.6) is 11.5 Å². The van der Waals surface area contributed by atoms with E-state index < -0.39 is 0 Å². The Morgan fingerprint density at radius 3 is 2.21 bits per heavy atom. The Balaban J connectivity index is 1.26. The van der Waals surface area contributed by atoms with Crippen LogP contribution in [0.25, 0.3) is 0 Å². The first-order valence-electron chi connectivity index (χ1n) is 11.5. The van der Waals surface area contributed by atoms with Crippen LogP contribution in [0.3, 0.4) is 0 Å². The zero-order valence-corrected chi connectivity index (χ0v) is 19.4. The van der Waals surface area contributed by atoms with Gasteiger partial charge in [-0.2, -0.15) is 0 Å². The molecule has 0 unspecified atom stereocenters. The van der Waals surface area contributed by atoms with Crippen molar-refractivity contribution in [1.29, 1.82) is 0 Å². The molecule has 1 heterocycles. The van der Waals surface area contributed by atoms with Gasteiger partial charge in [0.1, 0.15) is 0 Å². The zero-order valence-electron chi connectivity index (χ0n) is 19.4. The fourth-order valence-electron chi connectivity index (χ4n) is 4.44. The number of hydrogen-bond donors (Lipinski definition) is 1. The fraction of sp³-hybridized carbons (Fsp3) is 0.321. The molecule has 0 aliphatic carbocycles. The van der Waals surface area contributed by atoms with Crippen LogP contribution in [0.4, 0.5) is 0 Å². The summed E-state index contributed by atoms with van der Waals surface area (Å²) in [6.07, 6.45) is 2.30. The minimum Gasteiger partial charge on any atom is -0.493 e. The molecule has 4 rings (SSSR count). The van der Waals surface area contributed by atoms with E-state index in [9.17, 15) is 4.79 Å². The Labute approximate surface area is 196 Å². The number of nitrogens with zero attached hydrogens (tertiary/aromatic N) is 1. The zero-order chi connectivity index (χ0) is 23.0. The second kappa shape index (κ2) is 11.0. The van der Waals surface area contributed by atoms with Crippen molar-refractivity contribution in [2.75, 3.05) is 27.3 Å². The van der Waals surface area contributed by atoms with Gasteiger partial charge >= 0.3 is 0 Å². The van der Waals surface area contributed by atoms with Gasteiger partial charge in [-0.25, -0.2) is 0 Å². The predicted molar refractivity (Wildman–Crippen MR) is 131 cm³/mol. The maximum absolute atomic E-state index is 12.2. The van der Waals surface area contributed by atoms with Crippen LogP contribution < -0.4 is 14.8 Å². The van der Waals surface area contributed by atoms with Gasteiger partial charge in [0, 0.05) is 18.7 Å². The Morgan fingerprint density at radius 2 is 1.55 bits per heavy atom. The smallest absolute Gasteiger partial charge is 0.251 e. The molecule has 1 fully saturated rings. The van der Waals surface area contributed by atoms with E-state index in [1.54, 1.807) is 14.2 Å². The number of methoxy groups -OCH3 is 2. The van der Waals surface area contributed by atoms with Crippen molar-refractivity contribution in [3.63, 3.8) is 0 Å². The molecule has 0 saturated carbocycles. The van der Waals surface area contributed by atoms with Gasteiger partial charge in [-0.05, 0) is 72.8 Å². The van der Waals surface area contributed by atoms with Gasteiger partial charge < -0.3 is 14.8 Å². The summed E-state index contributed by atoms with van der Waals surface area (Å²) in [5.74, 6) is 2.09. The van der Waals surface area contributed by atoms with Crippen molar-refractivity contribution in [1.82, 2.24) is 10.2 Å². The van der Waals surface area contributed by atoms with Crippen LogP contribution in [0.2, 0.25) is 0 Å². The lowest BCUT2D eigenvalue weighted by atomic mass is 9.89. The normalized spacial score (nSPS) is 14.6. The van der Waals surface area contributed by atoms with Gasteiger partial charge in [-0.3, -0.25) is 9.69 Å². The molecule has 0 atom stereocenters. The van der Waals surface area contributed by atoms with Gasteiger partial charge in [-0.15, -0.1) is 0 Å². The summed E-state index contributed by atoms with van der Waals surface area (Å²) in [4.78, 5) is 14.7. The Morgan fingerprint density at radius 1 is 0.879 bits per heavy atom. The van der Waals surface area contributed by atoms with Crippen molar-refractivity contribution in [3.8, 4) is 11.5 Å².